The topological polar surface area (TPSA) is 121 Å². The predicted octanol–water partition coefficient (Wildman–Crippen LogP) is 2.95. The molecule has 4 N–H and O–H groups in total. The van der Waals surface area contributed by atoms with Gasteiger partial charge >= 0.3 is 0 Å². The number of nitrogens with zero attached hydrogens (tertiary/aromatic N) is 2. The van der Waals surface area contributed by atoms with Gasteiger partial charge < -0.3 is 15.4 Å². The van der Waals surface area contributed by atoms with E-state index in [0.717, 1.165) is 19.3 Å². The van der Waals surface area contributed by atoms with Crippen molar-refractivity contribution in [3.05, 3.63) is 29.3 Å². The monoisotopic (exact) mass is 449 g/mol. The molecule has 0 radical (unpaired) electrons. The predicted molar refractivity (Wildman–Crippen MR) is 117 cm³/mol. The maximum absolute atomic E-state index is 14.8. The molecule has 1 aromatic rings. The number of piperidine rings is 1. The number of hydrogen-bond donors (Lipinski definition) is 3. The second-order valence-corrected chi connectivity index (χ2v) is 8.24. The number of carbonyl (C=O) groups is 2. The van der Waals surface area contributed by atoms with Crippen LogP contribution >= 0.6 is 0 Å². The Bertz CT molecular complexity index is 913. The van der Waals surface area contributed by atoms with Gasteiger partial charge in [-0.3, -0.25) is 20.3 Å². The third-order valence-corrected chi connectivity index (χ3v) is 5.94. The second-order valence-electron chi connectivity index (χ2n) is 8.24. The number of aliphatic imine (C=N–C) groups is 1. The normalized spacial score (nSPS) is 23.6. The van der Waals surface area contributed by atoms with Gasteiger partial charge in [0.05, 0.1) is 18.0 Å². The SMILES string of the molecule is CCCCCC(=N)OC(N)=N[C@H]1CN(c2cc(F)c(C3CCC(=O)NC3=O)c(F)c2)[C@@H]1C. The first-order valence-electron chi connectivity index (χ1n) is 10.9. The van der Waals surface area contributed by atoms with Crippen LogP contribution in [0, 0.1) is 17.0 Å². The number of amidine groups is 1. The molecule has 3 atom stereocenters. The van der Waals surface area contributed by atoms with Crippen LogP contribution in [-0.2, 0) is 14.3 Å². The fourth-order valence-corrected chi connectivity index (χ4v) is 4.02. The molecule has 1 unspecified atom stereocenters. The molecule has 2 saturated heterocycles. The summed E-state index contributed by atoms with van der Waals surface area (Å²) in [5.74, 6) is -3.73. The number of amides is 2. The smallest absolute Gasteiger partial charge is 0.288 e. The molecule has 0 aromatic heterocycles. The minimum Gasteiger partial charge on any atom is -0.412 e. The molecule has 0 spiro atoms. The summed E-state index contributed by atoms with van der Waals surface area (Å²) in [6, 6.07) is 1.88. The lowest BCUT2D eigenvalue weighted by molar-refractivity contribution is -0.134. The van der Waals surface area contributed by atoms with Crippen molar-refractivity contribution in [1.82, 2.24) is 5.32 Å². The highest BCUT2D eigenvalue weighted by molar-refractivity contribution is 6.01. The van der Waals surface area contributed by atoms with Crippen molar-refractivity contribution in [2.24, 2.45) is 10.7 Å². The number of halogens is 2. The molecule has 0 bridgehead atoms. The summed E-state index contributed by atoms with van der Waals surface area (Å²) in [6.45, 7) is 4.30. The van der Waals surface area contributed by atoms with E-state index in [1.54, 1.807) is 4.90 Å². The average Bonchev–Trinajstić information content (AvgIpc) is 2.71. The number of imide groups is 1. The van der Waals surface area contributed by atoms with Gasteiger partial charge in [0.2, 0.25) is 11.8 Å². The number of nitrogens with one attached hydrogen (secondary N) is 2. The molecule has 3 rings (SSSR count). The van der Waals surface area contributed by atoms with Crippen molar-refractivity contribution in [3.63, 3.8) is 0 Å². The van der Waals surface area contributed by atoms with E-state index in [0.29, 0.717) is 18.7 Å². The molecule has 0 aliphatic carbocycles. The lowest BCUT2D eigenvalue weighted by Gasteiger charge is -2.46. The molecule has 2 amide bonds. The molecule has 0 saturated carbocycles. The van der Waals surface area contributed by atoms with Crippen LogP contribution < -0.4 is 16.0 Å². The van der Waals surface area contributed by atoms with Gasteiger partial charge in [0.25, 0.3) is 6.02 Å². The van der Waals surface area contributed by atoms with Gasteiger partial charge in [-0.25, -0.2) is 13.8 Å². The number of carbonyl (C=O) groups excluding carboxylic acids is 2. The van der Waals surface area contributed by atoms with Gasteiger partial charge in [-0.05, 0) is 31.9 Å². The summed E-state index contributed by atoms with van der Waals surface area (Å²) in [4.78, 5) is 29.4. The van der Waals surface area contributed by atoms with Gasteiger partial charge in [0, 0.05) is 30.6 Å². The van der Waals surface area contributed by atoms with E-state index in [9.17, 15) is 18.4 Å². The Morgan fingerprint density at radius 3 is 2.59 bits per heavy atom. The molecule has 2 heterocycles. The maximum atomic E-state index is 14.8. The van der Waals surface area contributed by atoms with Crippen LogP contribution in [0.3, 0.4) is 0 Å². The second kappa shape index (κ2) is 10.1. The molecule has 2 aliphatic rings. The summed E-state index contributed by atoms with van der Waals surface area (Å²) in [5, 5.41) is 9.92. The standard InChI is InChI=1S/C22H29F2N5O3/c1-3-4-5-6-18(25)32-22(26)27-17-11-29(12(17)2)13-9-15(23)20(16(24)10-13)14-7-8-19(30)28-21(14)31/h9-10,12,14,17,25H,3-8,11H2,1-2H3,(H2,26,27)(H,28,30,31)/t12-,14?,17+/m1/s1. The van der Waals surface area contributed by atoms with Crippen LogP contribution in [0.2, 0.25) is 0 Å². The van der Waals surface area contributed by atoms with Crippen LogP contribution in [0.4, 0.5) is 14.5 Å². The van der Waals surface area contributed by atoms with Crippen LogP contribution in [-0.4, -0.2) is 42.4 Å². The quantitative estimate of drug-likeness (QED) is 0.256. The zero-order valence-electron chi connectivity index (χ0n) is 18.3. The zero-order valence-corrected chi connectivity index (χ0v) is 18.3. The number of ether oxygens (including phenoxy) is 1. The van der Waals surface area contributed by atoms with E-state index < -0.39 is 29.4 Å². The Morgan fingerprint density at radius 2 is 2.00 bits per heavy atom. The summed E-state index contributed by atoms with van der Waals surface area (Å²) in [6.07, 6.45) is 3.51. The van der Waals surface area contributed by atoms with Crippen LogP contribution in [0.1, 0.15) is 63.9 Å². The first-order chi connectivity index (χ1) is 15.2. The molecule has 10 heteroatoms. The first-order valence-corrected chi connectivity index (χ1v) is 10.9. The maximum Gasteiger partial charge on any atom is 0.288 e. The summed E-state index contributed by atoms with van der Waals surface area (Å²) >= 11 is 0. The highest BCUT2D eigenvalue weighted by atomic mass is 19.1. The van der Waals surface area contributed by atoms with E-state index in [-0.39, 0.29) is 42.4 Å². The number of anilines is 1. The molecule has 32 heavy (non-hydrogen) atoms. The van der Waals surface area contributed by atoms with Crippen molar-refractivity contribution in [3.8, 4) is 0 Å². The number of rotatable bonds is 7. The highest BCUT2D eigenvalue weighted by Gasteiger charge is 2.38. The van der Waals surface area contributed by atoms with Gasteiger partial charge in [-0.1, -0.05) is 19.8 Å². The third kappa shape index (κ3) is 5.23. The van der Waals surface area contributed by atoms with E-state index in [1.165, 1.54) is 12.1 Å². The van der Waals surface area contributed by atoms with Crippen LogP contribution in [0.25, 0.3) is 0 Å². The molecule has 1 aromatic carbocycles. The molecule has 174 valence electrons. The fourth-order valence-electron chi connectivity index (χ4n) is 4.02. The summed E-state index contributed by atoms with van der Waals surface area (Å²) in [5.41, 5.74) is 5.81. The summed E-state index contributed by atoms with van der Waals surface area (Å²) < 4.78 is 34.8. The molecule has 2 fully saturated rings. The largest absolute Gasteiger partial charge is 0.412 e. The van der Waals surface area contributed by atoms with Crippen LogP contribution in [0.15, 0.2) is 17.1 Å². The molecule has 8 nitrogen and oxygen atoms in total. The Labute approximate surface area is 185 Å². The lowest BCUT2D eigenvalue weighted by atomic mass is 9.89. The van der Waals surface area contributed by atoms with E-state index in [4.69, 9.17) is 15.9 Å². The van der Waals surface area contributed by atoms with Gasteiger partial charge in [0.15, 0.2) is 5.90 Å². The van der Waals surface area contributed by atoms with E-state index >= 15 is 0 Å². The molecular formula is C22H29F2N5O3. The minimum absolute atomic E-state index is 0.0411. The van der Waals surface area contributed by atoms with Gasteiger partial charge in [-0.2, -0.15) is 0 Å². The molecular weight excluding hydrogens is 420 g/mol. The van der Waals surface area contributed by atoms with Crippen LogP contribution in [0.5, 0.6) is 0 Å². The van der Waals surface area contributed by atoms with Gasteiger partial charge in [0.1, 0.15) is 11.6 Å². The highest BCUT2D eigenvalue weighted by Crippen LogP contribution is 2.35. The Morgan fingerprint density at radius 1 is 1.31 bits per heavy atom. The number of hydrogen-bond acceptors (Lipinski definition) is 6. The Balaban J connectivity index is 1.63. The number of nitrogens with two attached hydrogens (primary N) is 1. The van der Waals surface area contributed by atoms with Crippen molar-refractivity contribution in [1.29, 1.82) is 5.41 Å². The number of benzene rings is 1. The average molecular weight is 450 g/mol. The third-order valence-electron chi connectivity index (χ3n) is 5.94. The fraction of sp³-hybridized carbons (Fsp3) is 0.545. The minimum atomic E-state index is -1.03. The van der Waals surface area contributed by atoms with Crippen molar-refractivity contribution in [2.45, 2.75) is 70.4 Å². The van der Waals surface area contributed by atoms with Crippen molar-refractivity contribution < 1.29 is 23.1 Å². The van der Waals surface area contributed by atoms with E-state index in [1.807, 2.05) is 6.92 Å². The lowest BCUT2D eigenvalue weighted by Crippen LogP contribution is -2.58. The Hall–Kier alpha value is -3.04. The summed E-state index contributed by atoms with van der Waals surface area (Å²) in [7, 11) is 0. The first kappa shape index (κ1) is 23.6. The van der Waals surface area contributed by atoms with E-state index in [2.05, 4.69) is 17.2 Å². The molecule has 2 aliphatic heterocycles. The van der Waals surface area contributed by atoms with Crippen molar-refractivity contribution >= 4 is 29.4 Å². The van der Waals surface area contributed by atoms with Crippen molar-refractivity contribution in [2.75, 3.05) is 11.4 Å². The number of unbranched alkanes of at least 4 members (excludes halogenated alkanes) is 2. The van der Waals surface area contributed by atoms with Gasteiger partial charge in [-0.15, -0.1) is 0 Å². The Kier molecular flexibility index (Phi) is 7.42. The zero-order chi connectivity index (χ0) is 23.4.